The topological polar surface area (TPSA) is 51.6 Å². The number of aryl methyl sites for hydroxylation is 2. The van der Waals surface area contributed by atoms with Gasteiger partial charge in [0.2, 0.25) is 0 Å². The molecule has 0 saturated heterocycles. The van der Waals surface area contributed by atoms with E-state index >= 15 is 0 Å². The molecule has 3 heterocycles. The summed E-state index contributed by atoms with van der Waals surface area (Å²) in [5, 5.41) is 6.95. The summed E-state index contributed by atoms with van der Waals surface area (Å²) < 4.78 is 0. The molecule has 4 nitrogen and oxygen atoms in total. The summed E-state index contributed by atoms with van der Waals surface area (Å²) in [5.41, 5.74) is 13.2. The van der Waals surface area contributed by atoms with Gasteiger partial charge in [0.1, 0.15) is 0 Å². The lowest BCUT2D eigenvalue weighted by molar-refractivity contribution is 1.12. The van der Waals surface area contributed by atoms with Gasteiger partial charge < -0.3 is 0 Å². The minimum atomic E-state index is 0.677. The van der Waals surface area contributed by atoms with E-state index in [0.29, 0.717) is 5.82 Å². The molecule has 7 aromatic carbocycles. The van der Waals surface area contributed by atoms with E-state index in [1.54, 1.807) is 0 Å². The van der Waals surface area contributed by atoms with E-state index in [2.05, 4.69) is 171 Å². The first-order valence-electron chi connectivity index (χ1n) is 18.3. The highest BCUT2D eigenvalue weighted by molar-refractivity contribution is 6.21. The lowest BCUT2D eigenvalue weighted by atomic mass is 9.92. The molecule has 0 aliphatic rings. The van der Waals surface area contributed by atoms with Crippen LogP contribution in [-0.4, -0.2) is 19.9 Å². The number of aromatic nitrogens is 4. The number of rotatable bonds is 5. The van der Waals surface area contributed by atoms with E-state index in [0.717, 1.165) is 88.7 Å². The highest BCUT2D eigenvalue weighted by atomic mass is 14.9. The van der Waals surface area contributed by atoms with Crippen molar-refractivity contribution < 1.29 is 0 Å². The summed E-state index contributed by atoms with van der Waals surface area (Å²) in [6.45, 7) is 4.09. The quantitative estimate of drug-likeness (QED) is 0.133. The molecule has 0 N–H and O–H groups in total. The van der Waals surface area contributed by atoms with Gasteiger partial charge >= 0.3 is 0 Å². The molecule has 0 unspecified atom stereocenters. The van der Waals surface area contributed by atoms with Crippen LogP contribution in [0.5, 0.6) is 0 Å². The highest BCUT2D eigenvalue weighted by Crippen LogP contribution is 2.41. The van der Waals surface area contributed by atoms with E-state index in [-0.39, 0.29) is 0 Å². The standard InChI is InChI=1S/C50H34N4/c1-31-20-27-38(32(2)51-31)41-18-10-11-19-42(41)50-52-45(35-14-4-3-5-15-35)30-46(53-50)36-21-23-37(24-22-36)47-43-28-25-33-12-6-8-16-39(33)48(43)54-49-40-17-9-7-13-34(40)26-29-44(47)49/h3-30H,1-2H3. The third-order valence-corrected chi connectivity index (χ3v) is 10.5. The van der Waals surface area contributed by atoms with Crippen molar-refractivity contribution in [2.24, 2.45) is 0 Å². The van der Waals surface area contributed by atoms with E-state index in [9.17, 15) is 0 Å². The molecule has 3 aromatic heterocycles. The van der Waals surface area contributed by atoms with Gasteiger partial charge in [0.05, 0.1) is 22.4 Å². The second-order valence-electron chi connectivity index (χ2n) is 13.9. The van der Waals surface area contributed by atoms with Gasteiger partial charge in [-0.25, -0.2) is 15.0 Å². The Hall–Kier alpha value is -7.04. The third-order valence-electron chi connectivity index (χ3n) is 10.5. The van der Waals surface area contributed by atoms with Crippen molar-refractivity contribution in [3.63, 3.8) is 0 Å². The Kier molecular flexibility index (Phi) is 7.55. The van der Waals surface area contributed by atoms with Gasteiger partial charge in [-0.1, -0.05) is 158 Å². The first kappa shape index (κ1) is 31.7. The highest BCUT2D eigenvalue weighted by Gasteiger charge is 2.18. The molecule has 0 spiro atoms. The molecule has 0 fully saturated rings. The van der Waals surface area contributed by atoms with Gasteiger partial charge in [-0.3, -0.25) is 4.98 Å². The largest absolute Gasteiger partial charge is 0.258 e. The Bertz CT molecular complexity index is 2960. The number of benzene rings is 7. The molecule has 0 radical (unpaired) electrons. The Morgan fingerprint density at radius 2 is 0.889 bits per heavy atom. The number of fused-ring (bicyclic) bond motifs is 6. The number of nitrogens with zero attached hydrogens (tertiary/aromatic N) is 4. The maximum absolute atomic E-state index is 5.38. The van der Waals surface area contributed by atoms with Crippen LogP contribution in [0.2, 0.25) is 0 Å². The minimum Gasteiger partial charge on any atom is -0.258 e. The Morgan fingerprint density at radius 1 is 0.352 bits per heavy atom. The zero-order valence-electron chi connectivity index (χ0n) is 30.0. The van der Waals surface area contributed by atoms with E-state index in [1.807, 2.05) is 13.0 Å². The number of pyridine rings is 2. The van der Waals surface area contributed by atoms with Crippen LogP contribution in [0, 0.1) is 13.8 Å². The van der Waals surface area contributed by atoms with Gasteiger partial charge in [-0.05, 0) is 47.9 Å². The van der Waals surface area contributed by atoms with Gasteiger partial charge in [0, 0.05) is 60.8 Å². The summed E-state index contributed by atoms with van der Waals surface area (Å²) in [5.74, 6) is 0.677. The van der Waals surface area contributed by atoms with Gasteiger partial charge in [-0.15, -0.1) is 0 Å². The van der Waals surface area contributed by atoms with Crippen molar-refractivity contribution in [2.75, 3.05) is 0 Å². The summed E-state index contributed by atoms with van der Waals surface area (Å²) >= 11 is 0. The fourth-order valence-corrected chi connectivity index (χ4v) is 7.89. The van der Waals surface area contributed by atoms with Crippen LogP contribution >= 0.6 is 0 Å². The van der Waals surface area contributed by atoms with E-state index in [4.69, 9.17) is 19.9 Å². The first-order chi connectivity index (χ1) is 26.6. The molecule has 10 rings (SSSR count). The maximum atomic E-state index is 5.38. The van der Waals surface area contributed by atoms with Crippen molar-refractivity contribution in [2.45, 2.75) is 13.8 Å². The minimum absolute atomic E-state index is 0.677. The van der Waals surface area contributed by atoms with Crippen LogP contribution in [0.3, 0.4) is 0 Å². The smallest absolute Gasteiger partial charge is 0.161 e. The molecule has 254 valence electrons. The molecule has 0 bridgehead atoms. The summed E-state index contributed by atoms with van der Waals surface area (Å²) in [7, 11) is 0. The lowest BCUT2D eigenvalue weighted by Gasteiger charge is -2.16. The summed E-state index contributed by atoms with van der Waals surface area (Å²) in [4.78, 5) is 20.6. The van der Waals surface area contributed by atoms with Crippen molar-refractivity contribution in [1.82, 2.24) is 19.9 Å². The van der Waals surface area contributed by atoms with E-state index in [1.165, 1.54) is 16.3 Å². The number of hydrogen-bond acceptors (Lipinski definition) is 4. The molecular formula is C50H34N4. The van der Waals surface area contributed by atoms with Gasteiger partial charge in [0.15, 0.2) is 5.82 Å². The summed E-state index contributed by atoms with van der Waals surface area (Å²) in [6.07, 6.45) is 0. The third kappa shape index (κ3) is 5.39. The molecule has 4 heteroatoms. The molecule has 54 heavy (non-hydrogen) atoms. The predicted octanol–water partition coefficient (Wildman–Crippen LogP) is 12.8. The fourth-order valence-electron chi connectivity index (χ4n) is 7.89. The number of hydrogen-bond donors (Lipinski definition) is 0. The average Bonchev–Trinajstić information content (AvgIpc) is 3.23. The monoisotopic (exact) mass is 690 g/mol. The fraction of sp³-hybridized carbons (Fsp3) is 0.0400. The molecule has 0 saturated carbocycles. The van der Waals surface area contributed by atoms with Gasteiger partial charge in [0.25, 0.3) is 0 Å². The molecule has 0 atom stereocenters. The zero-order chi connectivity index (χ0) is 36.2. The second-order valence-corrected chi connectivity index (χ2v) is 13.9. The predicted molar refractivity (Wildman–Crippen MR) is 224 cm³/mol. The van der Waals surface area contributed by atoms with Crippen LogP contribution in [0.25, 0.3) is 99.5 Å². The van der Waals surface area contributed by atoms with Crippen LogP contribution in [0.1, 0.15) is 11.4 Å². The Morgan fingerprint density at radius 3 is 1.52 bits per heavy atom. The Labute approximate surface area is 313 Å². The normalized spacial score (nSPS) is 11.5. The molecule has 0 amide bonds. The van der Waals surface area contributed by atoms with Gasteiger partial charge in [-0.2, -0.15) is 0 Å². The second kappa shape index (κ2) is 12.9. The molecule has 0 aliphatic carbocycles. The SMILES string of the molecule is Cc1ccc(-c2ccccc2-c2nc(-c3ccccc3)cc(-c3ccc(-c4c5ccc6ccccc6c5nc5c4ccc4ccccc45)cc3)n2)c(C)n1. The van der Waals surface area contributed by atoms with E-state index < -0.39 is 0 Å². The summed E-state index contributed by atoms with van der Waals surface area (Å²) in [6, 6.07) is 59.8. The van der Waals surface area contributed by atoms with Crippen LogP contribution in [0.4, 0.5) is 0 Å². The zero-order valence-corrected chi connectivity index (χ0v) is 30.0. The van der Waals surface area contributed by atoms with Crippen molar-refractivity contribution in [3.05, 3.63) is 181 Å². The maximum Gasteiger partial charge on any atom is 0.161 e. The first-order valence-corrected chi connectivity index (χ1v) is 18.3. The molecule has 10 aromatic rings. The average molecular weight is 691 g/mol. The van der Waals surface area contributed by atoms with Crippen LogP contribution < -0.4 is 0 Å². The lowest BCUT2D eigenvalue weighted by Crippen LogP contribution is -1.98. The Balaban J connectivity index is 1.16. The van der Waals surface area contributed by atoms with Crippen molar-refractivity contribution >= 4 is 43.4 Å². The van der Waals surface area contributed by atoms with Crippen LogP contribution in [-0.2, 0) is 0 Å². The van der Waals surface area contributed by atoms with Crippen molar-refractivity contribution in [3.8, 4) is 56.2 Å². The van der Waals surface area contributed by atoms with Crippen LogP contribution in [0.15, 0.2) is 170 Å². The van der Waals surface area contributed by atoms with Crippen molar-refractivity contribution in [1.29, 1.82) is 0 Å². The molecular weight excluding hydrogens is 657 g/mol. The molecule has 0 aliphatic heterocycles.